The zero-order chi connectivity index (χ0) is 92.8. The molecule has 1 fully saturated rings. The zero-order valence-electron chi connectivity index (χ0n) is 69.7. The number of primary amides is 2. The van der Waals surface area contributed by atoms with Crippen LogP contribution in [-0.4, -0.2) is 251 Å². The lowest BCUT2D eigenvalue weighted by Gasteiger charge is -2.33. The van der Waals surface area contributed by atoms with Crippen LogP contribution >= 0.6 is 35.3 Å². The molecule has 42 heteroatoms. The molecule has 0 bridgehead atoms. The number of nitrogens with two attached hydrogens (primary N) is 2. The minimum absolute atomic E-state index is 0.132. The summed E-state index contributed by atoms with van der Waals surface area (Å²) in [6.45, 7) is 12.6. The van der Waals surface area contributed by atoms with Gasteiger partial charge in [-0.1, -0.05) is 131 Å². The number of allylic oxidation sites excluding steroid dienone is 2. The number of hydrogen-bond acceptors (Lipinski definition) is 23. The van der Waals surface area contributed by atoms with Crippen LogP contribution in [0.5, 0.6) is 5.75 Å². The predicted octanol–water partition coefficient (Wildman–Crippen LogP) is -0.873. The fourth-order valence-corrected chi connectivity index (χ4v) is 15.6. The Morgan fingerprint density at radius 1 is 0.464 bits per heavy atom. The number of carboxylic acid groups (broad SMARTS) is 4. The molecule has 4 aromatic rings. The van der Waals surface area contributed by atoms with Crippen LogP contribution in [0, 0.1) is 5.41 Å². The van der Waals surface area contributed by atoms with Gasteiger partial charge in [0.25, 0.3) is 0 Å². The van der Waals surface area contributed by atoms with Crippen LogP contribution in [0.1, 0.15) is 116 Å². The first kappa shape index (κ1) is 103. The van der Waals surface area contributed by atoms with Crippen molar-refractivity contribution in [3.8, 4) is 5.75 Å². The minimum atomic E-state index is -2.19. The van der Waals surface area contributed by atoms with E-state index in [-0.39, 0.29) is 47.2 Å². The van der Waals surface area contributed by atoms with E-state index in [1.807, 2.05) is 13.0 Å². The monoisotopic (exact) mass is 1800 g/mol. The quantitative estimate of drug-likeness (QED) is 0.0359. The van der Waals surface area contributed by atoms with E-state index in [4.69, 9.17) is 11.5 Å². The molecule has 13 atom stereocenters. The van der Waals surface area contributed by atoms with E-state index in [0.717, 1.165) is 23.5 Å². The summed E-state index contributed by atoms with van der Waals surface area (Å²) in [6.07, 6.45) is -4.03. The summed E-state index contributed by atoms with van der Waals surface area (Å²) in [5, 5.41) is 83.3. The fraction of sp³-hybridized carbons (Fsp3) is 0.458. The van der Waals surface area contributed by atoms with E-state index in [0.29, 0.717) is 45.4 Å². The molecule has 0 saturated carbocycles. The second-order valence-electron chi connectivity index (χ2n) is 30.3. The van der Waals surface area contributed by atoms with E-state index in [1.165, 1.54) is 88.9 Å². The third kappa shape index (κ3) is 36.4. The van der Waals surface area contributed by atoms with Crippen LogP contribution in [0.25, 0.3) is 10.8 Å². The summed E-state index contributed by atoms with van der Waals surface area (Å²) in [5.74, 6) is -23.2. The lowest BCUT2D eigenvalue weighted by Crippen LogP contribution is -2.62. The molecule has 5 rings (SSSR count). The number of thioether (sulfide) groups is 3. The standard InChI is InChI=1S/C83H109N15O24S3/c1-8-16-46(9-2)41-125-43-62-81(121)89-54(28-30-66(104)105)74(114)94-59(39-67(106)107)79(119)92-55(35-47-17-11-10-12-18-47)76(116)91-56(36-48-23-25-51(99)26-24-48)77(117)95-60(40-68(108)109)80(120)98-69(83(5,6)7)82(122)96-61(70(85)110)42-124-34-33-123-32-31-64(101)86-44(3)71(111)90-58(38-63(84)100)78(118)88-53(27-29-65(102)103)73(113)93-57(75(115)87-45(4)72(112)97-62)37-50-21-15-20-49-19-13-14-22-52(49)50/h9-26,44-45,53-62,69,99H,2,8,27-43H2,1,3-7H3,(H2,84,100)(H2,85,110)(H,86,101)(H,87,115)(H,88,118)(H,89,121)(H,90,111)(H,91,116)(H,92,119)(H,93,113)(H,94,114)(H,95,117)(H,96,122)(H,97,112)(H,98,120)(H,102,103)(H,104,105)(H,106,107)(H,108,109)/b46-16+/t44-,45-,53+,54+,55?,56+,57+,58+,59+,60+,61+,62-,69-/m1/s1. The molecule has 1 aliphatic rings. The summed E-state index contributed by atoms with van der Waals surface area (Å²) < 4.78 is 0. The van der Waals surface area contributed by atoms with Crippen molar-refractivity contribution in [2.45, 2.75) is 197 Å². The Kier molecular flexibility index (Phi) is 42.4. The van der Waals surface area contributed by atoms with Crippen LogP contribution < -0.4 is 80.6 Å². The molecule has 0 aliphatic carbocycles. The number of carbonyl (C=O) groups excluding carboxylic acids is 15. The number of carbonyl (C=O) groups is 19. The van der Waals surface area contributed by atoms with Crippen molar-refractivity contribution in [1.82, 2.24) is 69.1 Å². The number of phenols is 1. The van der Waals surface area contributed by atoms with Crippen molar-refractivity contribution in [2.24, 2.45) is 16.9 Å². The SMILES string of the molecule is C=C/C(=C\CC)CSC[C@H]1NC(=O)[C@@H](C)NC(=O)[C@H](Cc2cccc3ccccc23)NC(=O)[C@H](CCC(=O)O)NC(=O)[C@H](CC(N)=O)NC(=O)[C@@H](C)NC(=O)CCSCCSC[C@@H](C(N)=O)NC(=O)[C@H](C(C)(C)C)NC(=O)[C@H](CC(=O)O)NC(=O)[C@H](Cc2ccc(O)cc2)NC(=O)C(Cc2ccccc2)NC(=O)[C@H](CC(=O)O)NC(=O)[C@H](CCC(=O)O)NC1=O. The molecular weight excluding hydrogens is 1690 g/mol. The summed E-state index contributed by atoms with van der Waals surface area (Å²) in [5.41, 5.74) is 11.7. The third-order valence-corrected chi connectivity index (χ3v) is 22.5. The molecule has 1 saturated heterocycles. The summed E-state index contributed by atoms with van der Waals surface area (Å²) in [7, 11) is 0. The molecule has 0 radical (unpaired) electrons. The predicted molar refractivity (Wildman–Crippen MR) is 462 cm³/mol. The van der Waals surface area contributed by atoms with E-state index in [1.54, 1.807) is 60.7 Å². The van der Waals surface area contributed by atoms with Gasteiger partial charge in [-0.25, -0.2) is 0 Å². The van der Waals surface area contributed by atoms with Crippen LogP contribution in [0.15, 0.2) is 121 Å². The third-order valence-electron chi connectivity index (χ3n) is 19.1. The fourth-order valence-electron chi connectivity index (χ4n) is 12.4. The Hall–Kier alpha value is -12.6. The summed E-state index contributed by atoms with van der Waals surface area (Å²) in [4.78, 5) is 263. The number of phenolic OH excluding ortho intramolecular Hbond substituents is 1. The van der Waals surface area contributed by atoms with Crippen molar-refractivity contribution >= 4 is 159 Å². The van der Waals surface area contributed by atoms with Crippen molar-refractivity contribution < 1.29 is 117 Å². The molecule has 0 spiro atoms. The Morgan fingerprint density at radius 2 is 0.896 bits per heavy atom. The number of fused-ring (bicyclic) bond motifs is 1. The van der Waals surface area contributed by atoms with Crippen LogP contribution in [0.2, 0.25) is 0 Å². The molecule has 1 unspecified atom stereocenters. The van der Waals surface area contributed by atoms with Crippen LogP contribution in [0.3, 0.4) is 0 Å². The lowest BCUT2D eigenvalue weighted by molar-refractivity contribution is -0.142. The molecule has 678 valence electrons. The second-order valence-corrected chi connectivity index (χ2v) is 33.7. The highest BCUT2D eigenvalue weighted by Gasteiger charge is 2.41. The highest BCUT2D eigenvalue weighted by atomic mass is 32.2. The number of aromatic hydroxyl groups is 1. The molecule has 1 aliphatic heterocycles. The van der Waals surface area contributed by atoms with Gasteiger partial charge in [-0.2, -0.15) is 35.3 Å². The van der Waals surface area contributed by atoms with Gasteiger partial charge in [-0.3, -0.25) is 91.1 Å². The highest BCUT2D eigenvalue weighted by Crippen LogP contribution is 2.24. The van der Waals surface area contributed by atoms with Gasteiger partial charge in [0.2, 0.25) is 88.6 Å². The smallest absolute Gasteiger partial charge is 0.305 e. The van der Waals surface area contributed by atoms with E-state index in [9.17, 15) is 117 Å². The van der Waals surface area contributed by atoms with E-state index in [2.05, 4.69) is 75.7 Å². The van der Waals surface area contributed by atoms with Crippen molar-refractivity contribution in [3.05, 3.63) is 138 Å². The maximum Gasteiger partial charge on any atom is 0.305 e. The molecule has 0 aromatic heterocycles. The average Bonchev–Trinajstić information content (AvgIpc) is 0.819. The highest BCUT2D eigenvalue weighted by molar-refractivity contribution is 8.03. The second kappa shape index (κ2) is 51.5. The number of nitrogens with one attached hydrogen (secondary N) is 13. The first-order valence-corrected chi connectivity index (χ1v) is 43.2. The number of benzene rings is 4. The Balaban J connectivity index is 1.62. The maximum absolute atomic E-state index is 15.0. The van der Waals surface area contributed by atoms with Gasteiger partial charge in [0.15, 0.2) is 0 Å². The largest absolute Gasteiger partial charge is 0.508 e. The van der Waals surface area contributed by atoms with Gasteiger partial charge >= 0.3 is 23.9 Å². The van der Waals surface area contributed by atoms with E-state index >= 15 is 0 Å². The Morgan fingerprint density at radius 3 is 1.41 bits per heavy atom. The molecule has 15 amide bonds. The minimum Gasteiger partial charge on any atom is -0.508 e. The van der Waals surface area contributed by atoms with Gasteiger partial charge in [-0.05, 0) is 83.7 Å². The molecule has 22 N–H and O–H groups in total. The zero-order valence-corrected chi connectivity index (χ0v) is 72.2. The molecular formula is C83H109N15O24S3. The first-order chi connectivity index (χ1) is 59.0. The van der Waals surface area contributed by atoms with E-state index < -0.39 is 254 Å². The van der Waals surface area contributed by atoms with Gasteiger partial charge in [0.05, 0.1) is 19.3 Å². The number of rotatable bonds is 25. The summed E-state index contributed by atoms with van der Waals surface area (Å²) >= 11 is 3.47. The normalized spacial score (nSPS) is 23.5. The molecule has 39 nitrogen and oxygen atoms in total. The van der Waals surface area contributed by atoms with Gasteiger partial charge in [-0.15, -0.1) is 0 Å². The first-order valence-electron chi connectivity index (χ1n) is 39.8. The lowest BCUT2D eigenvalue weighted by atomic mass is 9.85. The van der Waals surface area contributed by atoms with Gasteiger partial charge in [0, 0.05) is 73.0 Å². The number of carboxylic acids is 4. The van der Waals surface area contributed by atoms with Crippen molar-refractivity contribution in [3.63, 3.8) is 0 Å². The van der Waals surface area contributed by atoms with Crippen LogP contribution in [0.4, 0.5) is 0 Å². The number of hydrogen-bond donors (Lipinski definition) is 20. The average molecular weight is 1800 g/mol. The van der Waals surface area contributed by atoms with Crippen molar-refractivity contribution in [1.29, 1.82) is 0 Å². The number of aliphatic carboxylic acids is 4. The molecule has 125 heavy (non-hydrogen) atoms. The molecule has 4 aromatic carbocycles. The topological polar surface area (TPSA) is 634 Å². The van der Waals surface area contributed by atoms with Gasteiger partial charge in [0.1, 0.15) is 84.3 Å². The van der Waals surface area contributed by atoms with Crippen LogP contribution in [-0.2, 0) is 110 Å². The summed E-state index contributed by atoms with van der Waals surface area (Å²) in [6, 6.07) is 1.73. The van der Waals surface area contributed by atoms with Gasteiger partial charge < -0.3 is 106 Å². The molecule has 1 heterocycles. The number of amides is 15. The maximum atomic E-state index is 15.0. The Labute approximate surface area is 732 Å². The van der Waals surface area contributed by atoms with Crippen molar-refractivity contribution in [2.75, 3.05) is 34.5 Å². The Bertz CT molecular complexity index is 4590.